The van der Waals surface area contributed by atoms with Gasteiger partial charge in [0.2, 0.25) is 0 Å². The van der Waals surface area contributed by atoms with Crippen molar-refractivity contribution in [2.45, 2.75) is 25.8 Å². The van der Waals surface area contributed by atoms with Crippen LogP contribution in [0.4, 0.5) is 10.5 Å². The van der Waals surface area contributed by atoms with Crippen LogP contribution in [-0.2, 0) is 4.74 Å². The maximum atomic E-state index is 11.8. The van der Waals surface area contributed by atoms with Gasteiger partial charge in [0.15, 0.2) is 0 Å². The second-order valence-electron chi connectivity index (χ2n) is 4.70. The molecule has 1 N–H and O–H groups in total. The maximum absolute atomic E-state index is 11.8. The molecule has 0 aliphatic carbocycles. The number of aryl methyl sites for hydroxylation is 1. The Hall–Kier alpha value is -1.55. The standard InChI is InChI=1S/C13H17NO3/c1-10-3-5-11(6-4-10)14-12(16)17-9-13(14,2)7-8-15/h3-6,15H,7-9H2,1-2H3. The summed E-state index contributed by atoms with van der Waals surface area (Å²) in [6.45, 7) is 4.28. The number of aliphatic hydroxyl groups excluding tert-OH is 1. The van der Waals surface area contributed by atoms with Gasteiger partial charge in [-0.15, -0.1) is 0 Å². The van der Waals surface area contributed by atoms with Gasteiger partial charge in [-0.25, -0.2) is 4.79 Å². The van der Waals surface area contributed by atoms with Crippen LogP contribution in [0.15, 0.2) is 24.3 Å². The van der Waals surface area contributed by atoms with E-state index >= 15 is 0 Å². The lowest BCUT2D eigenvalue weighted by Crippen LogP contribution is -2.45. The highest BCUT2D eigenvalue weighted by molar-refractivity contribution is 5.91. The first kappa shape index (κ1) is 11.9. The fourth-order valence-electron chi connectivity index (χ4n) is 2.10. The third kappa shape index (κ3) is 2.13. The van der Waals surface area contributed by atoms with E-state index in [1.165, 1.54) is 0 Å². The third-order valence-electron chi connectivity index (χ3n) is 3.17. The van der Waals surface area contributed by atoms with E-state index in [1.807, 2.05) is 38.1 Å². The predicted molar refractivity (Wildman–Crippen MR) is 65.1 cm³/mol. The summed E-state index contributed by atoms with van der Waals surface area (Å²) in [5, 5.41) is 9.09. The number of aliphatic hydroxyl groups is 1. The number of rotatable bonds is 3. The molecule has 4 heteroatoms. The summed E-state index contributed by atoms with van der Waals surface area (Å²) < 4.78 is 5.09. The number of hydrogen-bond acceptors (Lipinski definition) is 3. The maximum Gasteiger partial charge on any atom is 0.415 e. The average Bonchev–Trinajstić information content (AvgIpc) is 2.57. The molecule has 1 atom stereocenters. The number of cyclic esters (lactones) is 1. The molecule has 17 heavy (non-hydrogen) atoms. The molecular formula is C13H17NO3. The summed E-state index contributed by atoms with van der Waals surface area (Å²) in [4.78, 5) is 13.4. The zero-order valence-corrected chi connectivity index (χ0v) is 10.1. The van der Waals surface area contributed by atoms with E-state index in [-0.39, 0.29) is 12.7 Å². The fraction of sp³-hybridized carbons (Fsp3) is 0.462. The van der Waals surface area contributed by atoms with E-state index in [0.717, 1.165) is 11.3 Å². The molecule has 4 nitrogen and oxygen atoms in total. The Morgan fingerprint density at radius 3 is 2.65 bits per heavy atom. The Morgan fingerprint density at radius 2 is 2.06 bits per heavy atom. The predicted octanol–water partition coefficient (Wildman–Crippen LogP) is 2.09. The second-order valence-corrected chi connectivity index (χ2v) is 4.70. The van der Waals surface area contributed by atoms with E-state index in [9.17, 15) is 4.79 Å². The molecule has 1 aromatic carbocycles. The molecule has 2 rings (SSSR count). The van der Waals surface area contributed by atoms with E-state index in [0.29, 0.717) is 13.0 Å². The molecule has 0 spiro atoms. The van der Waals surface area contributed by atoms with Crippen molar-refractivity contribution in [1.82, 2.24) is 0 Å². The number of hydrogen-bond donors (Lipinski definition) is 1. The molecule has 0 saturated carbocycles. The minimum atomic E-state index is -0.457. The minimum absolute atomic E-state index is 0.0372. The number of amides is 1. The van der Waals surface area contributed by atoms with Crippen molar-refractivity contribution in [2.24, 2.45) is 0 Å². The van der Waals surface area contributed by atoms with Crippen LogP contribution in [0.2, 0.25) is 0 Å². The Kier molecular flexibility index (Phi) is 3.07. The third-order valence-corrected chi connectivity index (χ3v) is 3.17. The Morgan fingerprint density at radius 1 is 1.41 bits per heavy atom. The Bertz CT molecular complexity index is 415. The van der Waals surface area contributed by atoms with Crippen molar-refractivity contribution >= 4 is 11.8 Å². The summed E-state index contributed by atoms with van der Waals surface area (Å²) in [6, 6.07) is 7.72. The van der Waals surface area contributed by atoms with Crippen LogP contribution in [0.25, 0.3) is 0 Å². The fourth-order valence-corrected chi connectivity index (χ4v) is 2.10. The first-order chi connectivity index (χ1) is 8.07. The van der Waals surface area contributed by atoms with Crippen LogP contribution in [0.1, 0.15) is 18.9 Å². The number of carbonyl (C=O) groups is 1. The molecule has 0 aromatic heterocycles. The van der Waals surface area contributed by atoms with E-state index in [2.05, 4.69) is 0 Å². The van der Waals surface area contributed by atoms with Gasteiger partial charge >= 0.3 is 6.09 Å². The first-order valence-corrected chi connectivity index (χ1v) is 5.71. The van der Waals surface area contributed by atoms with E-state index in [4.69, 9.17) is 9.84 Å². The van der Waals surface area contributed by atoms with E-state index in [1.54, 1.807) is 4.90 Å². The SMILES string of the molecule is Cc1ccc(N2C(=O)OCC2(C)CCO)cc1. The number of benzene rings is 1. The van der Waals surface area contributed by atoms with Gasteiger partial charge in [-0.2, -0.15) is 0 Å². The van der Waals surface area contributed by atoms with Gasteiger partial charge in [0.05, 0.1) is 5.54 Å². The van der Waals surface area contributed by atoms with Crippen molar-refractivity contribution in [3.8, 4) is 0 Å². The molecule has 1 unspecified atom stereocenters. The highest BCUT2D eigenvalue weighted by Crippen LogP contribution is 2.32. The largest absolute Gasteiger partial charge is 0.447 e. The molecule has 1 aliphatic heterocycles. The van der Waals surface area contributed by atoms with Gasteiger partial charge in [0.1, 0.15) is 6.61 Å². The van der Waals surface area contributed by atoms with Crippen LogP contribution in [0.3, 0.4) is 0 Å². The molecule has 1 aliphatic rings. The summed E-state index contributed by atoms with van der Waals surface area (Å²) in [5.41, 5.74) is 1.50. The number of carbonyl (C=O) groups excluding carboxylic acids is 1. The monoisotopic (exact) mass is 235 g/mol. The molecule has 1 amide bonds. The molecule has 1 heterocycles. The van der Waals surface area contributed by atoms with Crippen molar-refractivity contribution in [2.75, 3.05) is 18.1 Å². The normalized spacial score (nSPS) is 23.9. The van der Waals surface area contributed by atoms with Crippen LogP contribution in [-0.4, -0.2) is 30.0 Å². The Labute approximate surface area is 101 Å². The van der Waals surface area contributed by atoms with Crippen LogP contribution in [0, 0.1) is 6.92 Å². The van der Waals surface area contributed by atoms with Crippen LogP contribution in [0.5, 0.6) is 0 Å². The van der Waals surface area contributed by atoms with Crippen molar-refractivity contribution < 1.29 is 14.6 Å². The van der Waals surface area contributed by atoms with Gasteiger partial charge in [0.25, 0.3) is 0 Å². The average molecular weight is 235 g/mol. The molecular weight excluding hydrogens is 218 g/mol. The number of nitrogens with zero attached hydrogens (tertiary/aromatic N) is 1. The number of anilines is 1. The van der Waals surface area contributed by atoms with Gasteiger partial charge in [-0.05, 0) is 32.4 Å². The van der Waals surface area contributed by atoms with Crippen LogP contribution < -0.4 is 4.90 Å². The van der Waals surface area contributed by atoms with Gasteiger partial charge in [-0.1, -0.05) is 17.7 Å². The van der Waals surface area contributed by atoms with Crippen LogP contribution >= 0.6 is 0 Å². The van der Waals surface area contributed by atoms with Gasteiger partial charge in [0, 0.05) is 12.3 Å². The first-order valence-electron chi connectivity index (χ1n) is 5.71. The van der Waals surface area contributed by atoms with Crippen molar-refractivity contribution in [3.63, 3.8) is 0 Å². The lowest BCUT2D eigenvalue weighted by molar-refractivity contribution is 0.167. The molecule has 0 bridgehead atoms. The summed E-state index contributed by atoms with van der Waals surface area (Å²) in [6.07, 6.45) is 0.164. The molecule has 1 fully saturated rings. The molecule has 1 saturated heterocycles. The summed E-state index contributed by atoms with van der Waals surface area (Å²) >= 11 is 0. The van der Waals surface area contributed by atoms with Gasteiger partial charge in [-0.3, -0.25) is 4.90 Å². The Balaban J connectivity index is 2.33. The molecule has 92 valence electrons. The molecule has 0 radical (unpaired) electrons. The molecule has 1 aromatic rings. The topological polar surface area (TPSA) is 49.8 Å². The highest BCUT2D eigenvalue weighted by Gasteiger charge is 2.44. The smallest absolute Gasteiger partial charge is 0.415 e. The second kappa shape index (κ2) is 4.37. The summed E-state index contributed by atoms with van der Waals surface area (Å²) in [5.74, 6) is 0. The zero-order valence-electron chi connectivity index (χ0n) is 10.1. The minimum Gasteiger partial charge on any atom is -0.447 e. The summed E-state index contributed by atoms with van der Waals surface area (Å²) in [7, 11) is 0. The number of ether oxygens (including phenoxy) is 1. The van der Waals surface area contributed by atoms with Crippen molar-refractivity contribution in [3.05, 3.63) is 29.8 Å². The lowest BCUT2D eigenvalue weighted by atomic mass is 9.97. The van der Waals surface area contributed by atoms with E-state index < -0.39 is 5.54 Å². The lowest BCUT2D eigenvalue weighted by Gasteiger charge is -2.31. The quantitative estimate of drug-likeness (QED) is 0.872. The van der Waals surface area contributed by atoms with Gasteiger partial charge < -0.3 is 9.84 Å². The van der Waals surface area contributed by atoms with Crippen molar-refractivity contribution in [1.29, 1.82) is 0 Å². The highest BCUT2D eigenvalue weighted by atomic mass is 16.6. The zero-order chi connectivity index (χ0) is 12.5.